The third-order valence-corrected chi connectivity index (χ3v) is 3.58. The Labute approximate surface area is 129 Å². The Morgan fingerprint density at radius 3 is 2.41 bits per heavy atom. The molecule has 2 aromatic carbocycles. The predicted molar refractivity (Wildman–Crippen MR) is 82.7 cm³/mol. The van der Waals surface area contributed by atoms with Gasteiger partial charge < -0.3 is 9.47 Å². The maximum atomic E-state index is 13.5. The Bertz CT molecular complexity index is 707. The molecule has 22 heavy (non-hydrogen) atoms. The topological polar surface area (TPSA) is 42.2 Å². The minimum Gasteiger partial charge on any atom is -0.496 e. The van der Waals surface area contributed by atoms with Gasteiger partial charge in [-0.2, -0.15) is 5.26 Å². The molecule has 114 valence electrons. The summed E-state index contributed by atoms with van der Waals surface area (Å²) in [5.41, 5.74) is 2.51. The lowest BCUT2D eigenvalue weighted by molar-refractivity contribution is 0.403. The van der Waals surface area contributed by atoms with Gasteiger partial charge in [-0.3, -0.25) is 0 Å². The zero-order valence-corrected chi connectivity index (χ0v) is 12.9. The number of benzene rings is 2. The molecular weight excluding hydrogens is 281 g/mol. The van der Waals surface area contributed by atoms with Crippen LogP contribution in [0.2, 0.25) is 0 Å². The maximum absolute atomic E-state index is 13.5. The van der Waals surface area contributed by atoms with Crippen molar-refractivity contribution in [2.75, 3.05) is 14.2 Å². The van der Waals surface area contributed by atoms with Gasteiger partial charge in [-0.1, -0.05) is 17.7 Å². The number of halogens is 1. The van der Waals surface area contributed by atoms with Crippen LogP contribution in [0.5, 0.6) is 11.5 Å². The van der Waals surface area contributed by atoms with E-state index >= 15 is 0 Å². The molecule has 2 rings (SSSR count). The van der Waals surface area contributed by atoms with Crippen LogP contribution in [0.1, 0.15) is 22.6 Å². The SMILES string of the molecule is COc1ccc(F)cc1CC(C#N)c1cc(C)ccc1OC. The first-order valence-corrected chi connectivity index (χ1v) is 6.95. The fraction of sp³-hybridized carbons (Fsp3) is 0.278. The van der Waals surface area contributed by atoms with E-state index in [1.807, 2.05) is 25.1 Å². The highest BCUT2D eigenvalue weighted by Crippen LogP contribution is 2.32. The Balaban J connectivity index is 2.41. The van der Waals surface area contributed by atoms with Gasteiger partial charge in [-0.25, -0.2) is 4.39 Å². The van der Waals surface area contributed by atoms with Crippen molar-refractivity contribution in [1.82, 2.24) is 0 Å². The van der Waals surface area contributed by atoms with Gasteiger partial charge in [0.05, 0.1) is 26.2 Å². The number of methoxy groups -OCH3 is 2. The first kappa shape index (κ1) is 15.8. The molecule has 0 amide bonds. The van der Waals surface area contributed by atoms with Crippen molar-refractivity contribution < 1.29 is 13.9 Å². The van der Waals surface area contributed by atoms with Crippen LogP contribution in [0, 0.1) is 24.1 Å². The van der Waals surface area contributed by atoms with Gasteiger partial charge in [0, 0.05) is 5.56 Å². The second kappa shape index (κ2) is 6.95. The van der Waals surface area contributed by atoms with Crippen molar-refractivity contribution in [2.24, 2.45) is 0 Å². The first-order chi connectivity index (χ1) is 10.6. The quantitative estimate of drug-likeness (QED) is 0.838. The molecule has 0 radical (unpaired) electrons. The number of nitriles is 1. The summed E-state index contributed by atoms with van der Waals surface area (Å²) in [6.07, 6.45) is 0.358. The molecule has 0 bridgehead atoms. The van der Waals surface area contributed by atoms with Crippen molar-refractivity contribution in [3.8, 4) is 17.6 Å². The lowest BCUT2D eigenvalue weighted by Gasteiger charge is -2.16. The van der Waals surface area contributed by atoms with E-state index < -0.39 is 5.92 Å². The minimum atomic E-state index is -0.439. The van der Waals surface area contributed by atoms with Gasteiger partial charge in [0.1, 0.15) is 17.3 Å². The summed E-state index contributed by atoms with van der Waals surface area (Å²) in [4.78, 5) is 0. The zero-order valence-electron chi connectivity index (χ0n) is 12.9. The van der Waals surface area contributed by atoms with Gasteiger partial charge in [-0.15, -0.1) is 0 Å². The van der Waals surface area contributed by atoms with Crippen molar-refractivity contribution in [1.29, 1.82) is 5.26 Å². The van der Waals surface area contributed by atoms with Gasteiger partial charge in [0.2, 0.25) is 0 Å². The van der Waals surface area contributed by atoms with E-state index in [0.717, 1.165) is 11.1 Å². The molecule has 0 spiro atoms. The molecule has 0 heterocycles. The monoisotopic (exact) mass is 299 g/mol. The Morgan fingerprint density at radius 2 is 1.77 bits per heavy atom. The Hall–Kier alpha value is -2.54. The Morgan fingerprint density at radius 1 is 1.09 bits per heavy atom. The minimum absolute atomic E-state index is 0.344. The van der Waals surface area contributed by atoms with Crippen LogP contribution in [0.15, 0.2) is 36.4 Å². The normalized spacial score (nSPS) is 11.6. The lowest BCUT2D eigenvalue weighted by Crippen LogP contribution is -2.05. The predicted octanol–water partition coefficient (Wildman–Crippen LogP) is 4.00. The summed E-state index contributed by atoms with van der Waals surface area (Å²) in [5, 5.41) is 9.54. The second-order valence-corrected chi connectivity index (χ2v) is 5.09. The van der Waals surface area contributed by atoms with Crippen LogP contribution in [0.25, 0.3) is 0 Å². The summed E-state index contributed by atoms with van der Waals surface area (Å²) >= 11 is 0. The van der Waals surface area contributed by atoms with Gasteiger partial charge in [0.25, 0.3) is 0 Å². The third-order valence-electron chi connectivity index (χ3n) is 3.58. The fourth-order valence-corrected chi connectivity index (χ4v) is 2.48. The molecular formula is C18H18FNO2. The number of hydrogen-bond acceptors (Lipinski definition) is 3. The van der Waals surface area contributed by atoms with E-state index in [0.29, 0.717) is 23.5 Å². The molecule has 4 heteroatoms. The number of ether oxygens (including phenoxy) is 2. The molecule has 0 fully saturated rings. The van der Waals surface area contributed by atoms with Crippen LogP contribution >= 0.6 is 0 Å². The van der Waals surface area contributed by atoms with E-state index in [1.165, 1.54) is 19.2 Å². The highest BCUT2D eigenvalue weighted by atomic mass is 19.1. The van der Waals surface area contributed by atoms with E-state index in [-0.39, 0.29) is 5.82 Å². The largest absolute Gasteiger partial charge is 0.496 e. The van der Waals surface area contributed by atoms with Gasteiger partial charge in [-0.05, 0) is 43.2 Å². The first-order valence-electron chi connectivity index (χ1n) is 6.95. The average Bonchev–Trinajstić information content (AvgIpc) is 2.52. The van der Waals surface area contributed by atoms with Crippen LogP contribution < -0.4 is 9.47 Å². The highest BCUT2D eigenvalue weighted by Gasteiger charge is 2.19. The molecule has 0 aromatic heterocycles. The van der Waals surface area contributed by atoms with Crippen LogP contribution in [0.4, 0.5) is 4.39 Å². The maximum Gasteiger partial charge on any atom is 0.123 e. The number of nitrogens with zero attached hydrogens (tertiary/aromatic N) is 1. The molecule has 0 saturated heterocycles. The smallest absolute Gasteiger partial charge is 0.123 e. The summed E-state index contributed by atoms with van der Waals surface area (Å²) < 4.78 is 24.1. The standard InChI is InChI=1S/C18H18FNO2/c1-12-4-6-18(22-3)16(8-12)14(11-20)9-13-10-15(19)5-7-17(13)21-2/h4-8,10,14H,9H2,1-3H3. The molecule has 0 N–H and O–H groups in total. The van der Waals surface area contributed by atoms with E-state index in [4.69, 9.17) is 9.47 Å². The van der Waals surface area contributed by atoms with E-state index in [9.17, 15) is 9.65 Å². The molecule has 0 aliphatic heterocycles. The van der Waals surface area contributed by atoms with Crippen molar-refractivity contribution in [3.05, 3.63) is 58.9 Å². The fourth-order valence-electron chi connectivity index (χ4n) is 2.48. The number of aryl methyl sites for hydroxylation is 1. The van der Waals surface area contributed by atoms with Crippen molar-refractivity contribution in [3.63, 3.8) is 0 Å². The molecule has 0 saturated carbocycles. The molecule has 3 nitrogen and oxygen atoms in total. The highest BCUT2D eigenvalue weighted by molar-refractivity contribution is 5.44. The van der Waals surface area contributed by atoms with E-state index in [1.54, 1.807) is 13.2 Å². The van der Waals surface area contributed by atoms with Crippen molar-refractivity contribution >= 4 is 0 Å². The summed E-state index contributed by atoms with van der Waals surface area (Å²) in [6.45, 7) is 1.96. The van der Waals surface area contributed by atoms with Gasteiger partial charge >= 0.3 is 0 Å². The van der Waals surface area contributed by atoms with Crippen LogP contribution in [-0.2, 0) is 6.42 Å². The van der Waals surface area contributed by atoms with Crippen molar-refractivity contribution in [2.45, 2.75) is 19.3 Å². The molecule has 1 atom stereocenters. The van der Waals surface area contributed by atoms with Crippen LogP contribution in [-0.4, -0.2) is 14.2 Å². The number of rotatable bonds is 5. The molecule has 2 aromatic rings. The summed E-state index contributed by atoms with van der Waals surface area (Å²) in [5.74, 6) is 0.454. The third kappa shape index (κ3) is 3.37. The molecule has 0 aliphatic carbocycles. The lowest BCUT2D eigenvalue weighted by atomic mass is 9.91. The number of hydrogen-bond donors (Lipinski definition) is 0. The zero-order chi connectivity index (χ0) is 16.1. The molecule has 0 aliphatic rings. The Kier molecular flexibility index (Phi) is 5.00. The molecule has 1 unspecified atom stereocenters. The summed E-state index contributed by atoms with van der Waals surface area (Å²) in [7, 11) is 3.11. The summed E-state index contributed by atoms with van der Waals surface area (Å²) in [6, 6.07) is 12.3. The van der Waals surface area contributed by atoms with E-state index in [2.05, 4.69) is 6.07 Å². The van der Waals surface area contributed by atoms with Gasteiger partial charge in [0.15, 0.2) is 0 Å². The second-order valence-electron chi connectivity index (χ2n) is 5.09. The average molecular weight is 299 g/mol. The van der Waals surface area contributed by atoms with Crippen LogP contribution in [0.3, 0.4) is 0 Å².